The van der Waals surface area contributed by atoms with Crippen LogP contribution in [0.5, 0.6) is 5.75 Å². The van der Waals surface area contributed by atoms with Crippen molar-refractivity contribution in [1.82, 2.24) is 9.97 Å². The molecule has 0 radical (unpaired) electrons. The molecule has 4 heteroatoms. The molecule has 0 saturated carbocycles. The molecule has 78 valence electrons. The second-order valence-electron chi connectivity index (χ2n) is 3.08. The van der Waals surface area contributed by atoms with Crippen LogP contribution in [-0.2, 0) is 0 Å². The molecule has 1 heterocycles. The van der Waals surface area contributed by atoms with Crippen LogP contribution in [0.2, 0.25) is 0 Å². The van der Waals surface area contributed by atoms with Crippen molar-refractivity contribution in [1.29, 1.82) is 5.26 Å². The van der Waals surface area contributed by atoms with Crippen LogP contribution in [0.4, 0.5) is 0 Å². The van der Waals surface area contributed by atoms with Gasteiger partial charge in [0.15, 0.2) is 11.4 Å². The van der Waals surface area contributed by atoms with E-state index in [2.05, 4.69) is 9.97 Å². The van der Waals surface area contributed by atoms with E-state index in [4.69, 9.17) is 10.00 Å². The largest absolute Gasteiger partial charge is 0.492 e. The molecule has 1 aromatic carbocycles. The van der Waals surface area contributed by atoms with Gasteiger partial charge >= 0.3 is 0 Å². The van der Waals surface area contributed by atoms with Gasteiger partial charge in [0.05, 0.1) is 7.11 Å². The Morgan fingerprint density at radius 3 is 2.56 bits per heavy atom. The molecule has 0 bridgehead atoms. The van der Waals surface area contributed by atoms with Crippen molar-refractivity contribution >= 4 is 0 Å². The average molecular weight is 211 g/mol. The van der Waals surface area contributed by atoms with E-state index in [-0.39, 0.29) is 5.69 Å². The number of rotatable bonds is 2. The summed E-state index contributed by atoms with van der Waals surface area (Å²) in [6, 6.07) is 11.5. The van der Waals surface area contributed by atoms with E-state index in [9.17, 15) is 0 Å². The highest BCUT2D eigenvalue weighted by Crippen LogP contribution is 2.28. The molecule has 0 saturated heterocycles. The number of methoxy groups -OCH3 is 1. The molecule has 1 aromatic heterocycles. The maximum Gasteiger partial charge on any atom is 0.186 e. The van der Waals surface area contributed by atoms with Crippen molar-refractivity contribution < 1.29 is 4.74 Å². The summed E-state index contributed by atoms with van der Waals surface area (Å²) in [5.41, 5.74) is 1.78. The first-order chi connectivity index (χ1) is 7.86. The first kappa shape index (κ1) is 10.1. The van der Waals surface area contributed by atoms with Gasteiger partial charge in [-0.05, 0) is 0 Å². The molecule has 2 aromatic rings. The zero-order valence-electron chi connectivity index (χ0n) is 8.71. The minimum absolute atomic E-state index is 0.247. The lowest BCUT2D eigenvalue weighted by Gasteiger charge is -2.07. The Morgan fingerprint density at radius 2 is 1.94 bits per heavy atom. The summed E-state index contributed by atoms with van der Waals surface area (Å²) in [5, 5.41) is 8.90. The third-order valence-corrected chi connectivity index (χ3v) is 2.16. The third-order valence-electron chi connectivity index (χ3n) is 2.16. The highest BCUT2D eigenvalue weighted by Gasteiger charge is 2.12. The van der Waals surface area contributed by atoms with E-state index in [1.165, 1.54) is 13.4 Å². The van der Waals surface area contributed by atoms with E-state index < -0.39 is 0 Å². The van der Waals surface area contributed by atoms with Crippen molar-refractivity contribution in [3.63, 3.8) is 0 Å². The van der Waals surface area contributed by atoms with E-state index >= 15 is 0 Å². The lowest BCUT2D eigenvalue weighted by atomic mass is 10.1. The number of benzene rings is 1. The number of hydrogen-bond acceptors (Lipinski definition) is 4. The zero-order chi connectivity index (χ0) is 11.4. The third kappa shape index (κ3) is 1.71. The van der Waals surface area contributed by atoms with Gasteiger partial charge in [0.1, 0.15) is 18.1 Å². The van der Waals surface area contributed by atoms with Crippen LogP contribution in [0.15, 0.2) is 36.7 Å². The summed E-state index contributed by atoms with van der Waals surface area (Å²) >= 11 is 0. The van der Waals surface area contributed by atoms with Crippen LogP contribution >= 0.6 is 0 Å². The van der Waals surface area contributed by atoms with E-state index in [1.54, 1.807) is 0 Å². The minimum atomic E-state index is 0.247. The Hall–Kier alpha value is -2.41. The molecular weight excluding hydrogens is 202 g/mol. The molecule has 0 spiro atoms. The Balaban J connectivity index is 2.62. The smallest absolute Gasteiger partial charge is 0.186 e. The zero-order valence-corrected chi connectivity index (χ0v) is 8.71. The van der Waals surface area contributed by atoms with Crippen LogP contribution in [0.3, 0.4) is 0 Å². The molecule has 0 unspecified atom stereocenters. The molecule has 0 fully saturated rings. The Labute approximate surface area is 93.2 Å². The molecule has 0 atom stereocenters. The van der Waals surface area contributed by atoms with Crippen LogP contribution in [0, 0.1) is 11.3 Å². The second-order valence-corrected chi connectivity index (χ2v) is 3.08. The SMILES string of the molecule is COc1c(C#N)ncnc1-c1ccccc1. The van der Waals surface area contributed by atoms with Crippen LogP contribution in [0.25, 0.3) is 11.3 Å². The van der Waals surface area contributed by atoms with Crippen molar-refractivity contribution in [2.75, 3.05) is 7.11 Å². The molecule has 16 heavy (non-hydrogen) atoms. The standard InChI is InChI=1S/C12H9N3O/c1-16-12-10(7-13)14-8-15-11(12)9-5-3-2-4-6-9/h2-6,8H,1H3. The van der Waals surface area contributed by atoms with Crippen LogP contribution < -0.4 is 4.74 Å². The number of aromatic nitrogens is 2. The van der Waals surface area contributed by atoms with E-state index in [0.717, 1.165) is 5.56 Å². The first-order valence-electron chi connectivity index (χ1n) is 4.71. The molecule has 0 aliphatic heterocycles. The molecular formula is C12H9N3O. The van der Waals surface area contributed by atoms with Gasteiger partial charge in [0.25, 0.3) is 0 Å². The molecule has 2 rings (SSSR count). The van der Waals surface area contributed by atoms with Gasteiger partial charge in [-0.3, -0.25) is 0 Å². The molecule has 0 amide bonds. The first-order valence-corrected chi connectivity index (χ1v) is 4.71. The van der Waals surface area contributed by atoms with Crippen molar-refractivity contribution in [2.24, 2.45) is 0 Å². The maximum absolute atomic E-state index is 8.90. The number of nitriles is 1. The number of hydrogen-bond donors (Lipinski definition) is 0. The lowest BCUT2D eigenvalue weighted by Crippen LogP contribution is -1.97. The Morgan fingerprint density at radius 1 is 1.19 bits per heavy atom. The molecule has 0 aliphatic rings. The fourth-order valence-corrected chi connectivity index (χ4v) is 1.45. The summed E-state index contributed by atoms with van der Waals surface area (Å²) in [6.07, 6.45) is 1.36. The summed E-state index contributed by atoms with van der Waals surface area (Å²) in [4.78, 5) is 8.00. The van der Waals surface area contributed by atoms with Crippen molar-refractivity contribution in [3.8, 4) is 23.1 Å². The fraction of sp³-hybridized carbons (Fsp3) is 0.0833. The highest BCUT2D eigenvalue weighted by molar-refractivity contribution is 5.68. The van der Waals surface area contributed by atoms with Crippen molar-refractivity contribution in [3.05, 3.63) is 42.4 Å². The summed E-state index contributed by atoms with van der Waals surface area (Å²) in [6.45, 7) is 0. The van der Waals surface area contributed by atoms with Gasteiger partial charge in [-0.2, -0.15) is 5.26 Å². The minimum Gasteiger partial charge on any atom is -0.492 e. The van der Waals surface area contributed by atoms with Gasteiger partial charge in [0, 0.05) is 5.56 Å². The molecule has 0 aliphatic carbocycles. The summed E-state index contributed by atoms with van der Waals surface area (Å²) in [5.74, 6) is 0.413. The monoisotopic (exact) mass is 211 g/mol. The fourth-order valence-electron chi connectivity index (χ4n) is 1.45. The van der Waals surface area contributed by atoms with E-state index in [1.807, 2.05) is 36.4 Å². The predicted molar refractivity (Wildman–Crippen MR) is 58.7 cm³/mol. The lowest BCUT2D eigenvalue weighted by molar-refractivity contribution is 0.411. The summed E-state index contributed by atoms with van der Waals surface area (Å²) < 4.78 is 5.17. The van der Waals surface area contributed by atoms with Gasteiger partial charge in [-0.1, -0.05) is 30.3 Å². The number of ether oxygens (including phenoxy) is 1. The van der Waals surface area contributed by atoms with Crippen LogP contribution in [0.1, 0.15) is 5.69 Å². The normalized spacial score (nSPS) is 9.50. The average Bonchev–Trinajstić information content (AvgIpc) is 2.38. The topological polar surface area (TPSA) is 58.8 Å². The quantitative estimate of drug-likeness (QED) is 0.762. The highest BCUT2D eigenvalue weighted by atomic mass is 16.5. The Bertz CT molecular complexity index is 532. The second kappa shape index (κ2) is 4.41. The van der Waals surface area contributed by atoms with Gasteiger partial charge in [0.2, 0.25) is 0 Å². The summed E-state index contributed by atoms with van der Waals surface area (Å²) in [7, 11) is 1.51. The molecule has 4 nitrogen and oxygen atoms in total. The van der Waals surface area contributed by atoms with Gasteiger partial charge < -0.3 is 4.74 Å². The van der Waals surface area contributed by atoms with E-state index in [0.29, 0.717) is 11.4 Å². The Kier molecular flexibility index (Phi) is 2.79. The maximum atomic E-state index is 8.90. The van der Waals surface area contributed by atoms with Gasteiger partial charge in [-0.25, -0.2) is 9.97 Å². The number of nitrogens with zero attached hydrogens (tertiary/aromatic N) is 3. The predicted octanol–water partition coefficient (Wildman–Crippen LogP) is 2.02. The van der Waals surface area contributed by atoms with Crippen molar-refractivity contribution in [2.45, 2.75) is 0 Å². The van der Waals surface area contributed by atoms with Gasteiger partial charge in [-0.15, -0.1) is 0 Å². The van der Waals surface area contributed by atoms with Crippen LogP contribution in [-0.4, -0.2) is 17.1 Å². The molecule has 0 N–H and O–H groups in total.